The summed E-state index contributed by atoms with van der Waals surface area (Å²) in [6.07, 6.45) is 5.53. The molecule has 2 fully saturated rings. The van der Waals surface area contributed by atoms with Crippen LogP contribution < -0.4 is 10.9 Å². The summed E-state index contributed by atoms with van der Waals surface area (Å²) in [5.41, 5.74) is 5.67. The van der Waals surface area contributed by atoms with Gasteiger partial charge in [-0.3, -0.25) is 20.0 Å². The minimum atomic E-state index is -0.902. The third-order valence-electron chi connectivity index (χ3n) is 3.71. The first-order valence-corrected chi connectivity index (χ1v) is 7.03. The smallest absolute Gasteiger partial charge is 0.170 e. The van der Waals surface area contributed by atoms with Crippen LogP contribution in [0.25, 0.3) is 0 Å². The Kier molecular flexibility index (Phi) is 3.22. The average Bonchev–Trinajstić information content (AvgIpc) is 3.01. The van der Waals surface area contributed by atoms with Gasteiger partial charge >= 0.3 is 0 Å². The number of nitrogens with one attached hydrogen (secondary N) is 2. The van der Waals surface area contributed by atoms with Crippen LogP contribution >= 0.6 is 0 Å². The van der Waals surface area contributed by atoms with E-state index in [4.69, 9.17) is 0 Å². The van der Waals surface area contributed by atoms with Gasteiger partial charge in [0.2, 0.25) is 0 Å². The standard InChI is InChI=1S/C12H16N8O2/c21-11-7(9-13-3-1-5-19(9)17-11)15-16-8-10-14-4-2-6-20(10)18-12(8)22/h1-2,5-8,11-12,17-18,21-22H,3-4H2. The lowest BCUT2D eigenvalue weighted by molar-refractivity contribution is 0.107. The molecule has 4 aliphatic rings. The number of nitrogens with zero attached hydrogens (tertiary/aromatic N) is 6. The first-order chi connectivity index (χ1) is 10.7. The second-order valence-electron chi connectivity index (χ2n) is 5.18. The van der Waals surface area contributed by atoms with Crippen LogP contribution in [-0.2, 0) is 0 Å². The van der Waals surface area contributed by atoms with E-state index in [1.54, 1.807) is 22.4 Å². The van der Waals surface area contributed by atoms with E-state index in [1.165, 1.54) is 0 Å². The van der Waals surface area contributed by atoms with E-state index in [0.717, 1.165) is 0 Å². The number of aliphatic hydroxyl groups excluding tert-OH is 2. The highest BCUT2D eigenvalue weighted by Crippen LogP contribution is 2.20. The van der Waals surface area contributed by atoms with Gasteiger partial charge in [-0.25, -0.2) is 0 Å². The number of aliphatic hydroxyl groups is 2. The zero-order valence-electron chi connectivity index (χ0n) is 11.6. The van der Waals surface area contributed by atoms with Gasteiger partial charge in [0.15, 0.2) is 24.5 Å². The lowest BCUT2D eigenvalue weighted by Crippen LogP contribution is -2.34. The molecule has 0 radical (unpaired) electrons. The van der Waals surface area contributed by atoms with Crippen LogP contribution in [0.5, 0.6) is 0 Å². The predicted molar refractivity (Wildman–Crippen MR) is 77.3 cm³/mol. The third-order valence-corrected chi connectivity index (χ3v) is 3.71. The number of azo groups is 1. The Labute approximate surface area is 126 Å². The molecule has 0 saturated carbocycles. The summed E-state index contributed by atoms with van der Waals surface area (Å²) in [7, 11) is 0. The topological polar surface area (TPSA) is 120 Å². The highest BCUT2D eigenvalue weighted by molar-refractivity contribution is 5.92. The molecule has 0 aromatic carbocycles. The van der Waals surface area contributed by atoms with Gasteiger partial charge in [-0.05, 0) is 12.2 Å². The maximum absolute atomic E-state index is 10.0. The fourth-order valence-electron chi connectivity index (χ4n) is 2.67. The van der Waals surface area contributed by atoms with Gasteiger partial charge in [0, 0.05) is 12.4 Å². The molecule has 0 aromatic heterocycles. The Hall–Kier alpha value is -2.14. The molecule has 0 amide bonds. The molecule has 0 spiro atoms. The Morgan fingerprint density at radius 2 is 1.36 bits per heavy atom. The van der Waals surface area contributed by atoms with Crippen molar-refractivity contribution in [2.75, 3.05) is 13.1 Å². The van der Waals surface area contributed by atoms with Crippen LogP contribution in [0.4, 0.5) is 0 Å². The molecule has 0 aliphatic carbocycles. The molecule has 4 aliphatic heterocycles. The van der Waals surface area contributed by atoms with Gasteiger partial charge in [-0.2, -0.15) is 21.1 Å². The number of rotatable bonds is 2. The van der Waals surface area contributed by atoms with Gasteiger partial charge < -0.3 is 10.2 Å². The average molecular weight is 304 g/mol. The van der Waals surface area contributed by atoms with Crippen molar-refractivity contribution in [3.05, 3.63) is 24.6 Å². The van der Waals surface area contributed by atoms with Gasteiger partial charge in [-0.1, -0.05) is 0 Å². The fourth-order valence-corrected chi connectivity index (χ4v) is 2.67. The molecule has 10 nitrogen and oxygen atoms in total. The molecule has 22 heavy (non-hydrogen) atoms. The molecule has 10 heteroatoms. The van der Waals surface area contributed by atoms with Crippen LogP contribution in [0.15, 0.2) is 44.8 Å². The Morgan fingerprint density at radius 3 is 1.82 bits per heavy atom. The summed E-state index contributed by atoms with van der Waals surface area (Å²) in [5.74, 6) is 1.23. The third kappa shape index (κ3) is 2.13. The van der Waals surface area contributed by atoms with E-state index in [-0.39, 0.29) is 0 Å². The van der Waals surface area contributed by atoms with E-state index in [0.29, 0.717) is 24.8 Å². The predicted octanol–water partition coefficient (Wildman–Crippen LogP) is -1.70. The van der Waals surface area contributed by atoms with Crippen LogP contribution in [0.2, 0.25) is 0 Å². The van der Waals surface area contributed by atoms with Gasteiger partial charge in [0.25, 0.3) is 0 Å². The van der Waals surface area contributed by atoms with Crippen molar-refractivity contribution in [1.29, 1.82) is 0 Å². The summed E-state index contributed by atoms with van der Waals surface area (Å²) in [5, 5.41) is 31.7. The molecule has 0 bridgehead atoms. The first kappa shape index (κ1) is 13.5. The maximum Gasteiger partial charge on any atom is 0.170 e. The van der Waals surface area contributed by atoms with Crippen LogP contribution in [0.1, 0.15) is 0 Å². The zero-order valence-corrected chi connectivity index (χ0v) is 11.6. The van der Waals surface area contributed by atoms with Crippen molar-refractivity contribution in [2.24, 2.45) is 20.2 Å². The molecule has 4 atom stereocenters. The number of aliphatic imine (C=N–C) groups is 2. The van der Waals surface area contributed by atoms with Crippen molar-refractivity contribution in [1.82, 2.24) is 20.9 Å². The minimum absolute atomic E-state index is 0.547. The van der Waals surface area contributed by atoms with E-state index in [9.17, 15) is 10.2 Å². The molecule has 4 heterocycles. The number of hydrazine groups is 2. The first-order valence-electron chi connectivity index (χ1n) is 7.03. The summed E-state index contributed by atoms with van der Waals surface area (Å²) >= 11 is 0. The summed E-state index contributed by atoms with van der Waals surface area (Å²) < 4.78 is 0. The number of hydrogen-bond acceptors (Lipinski definition) is 10. The second kappa shape index (κ2) is 5.25. The second-order valence-corrected chi connectivity index (χ2v) is 5.18. The molecule has 4 rings (SSSR count). The van der Waals surface area contributed by atoms with E-state index >= 15 is 0 Å². The highest BCUT2D eigenvalue weighted by atomic mass is 16.3. The quantitative estimate of drug-likeness (QED) is 0.452. The molecule has 4 N–H and O–H groups in total. The molecular formula is C12H16N8O2. The molecular weight excluding hydrogens is 288 g/mol. The molecule has 0 aromatic rings. The van der Waals surface area contributed by atoms with E-state index < -0.39 is 24.5 Å². The Bertz CT molecular complexity index is 560. The number of amidine groups is 2. The molecule has 2 saturated heterocycles. The zero-order chi connectivity index (χ0) is 15.1. The number of fused-ring (bicyclic) bond motifs is 2. The summed E-state index contributed by atoms with van der Waals surface area (Å²) in [6, 6.07) is -1.21. The lowest BCUT2D eigenvalue weighted by atomic mass is 10.2. The Balaban J connectivity index is 1.54. The van der Waals surface area contributed by atoms with Crippen molar-refractivity contribution in [3.63, 3.8) is 0 Å². The summed E-state index contributed by atoms with van der Waals surface area (Å²) in [6.45, 7) is 1.09. The van der Waals surface area contributed by atoms with Crippen molar-refractivity contribution >= 4 is 11.7 Å². The fraction of sp³-hybridized carbons (Fsp3) is 0.500. The summed E-state index contributed by atoms with van der Waals surface area (Å²) in [4.78, 5) is 8.64. The monoisotopic (exact) mass is 304 g/mol. The van der Waals surface area contributed by atoms with Gasteiger partial charge in [0.05, 0.1) is 13.1 Å². The van der Waals surface area contributed by atoms with Gasteiger partial charge in [-0.15, -0.1) is 0 Å². The molecule has 116 valence electrons. The van der Waals surface area contributed by atoms with Crippen LogP contribution in [-0.4, -0.2) is 69.5 Å². The largest absolute Gasteiger partial charge is 0.374 e. The highest BCUT2D eigenvalue weighted by Gasteiger charge is 2.40. The number of hydrogen-bond donors (Lipinski definition) is 4. The van der Waals surface area contributed by atoms with E-state index in [1.807, 2.05) is 12.2 Å². The van der Waals surface area contributed by atoms with E-state index in [2.05, 4.69) is 31.1 Å². The van der Waals surface area contributed by atoms with Crippen LogP contribution in [0.3, 0.4) is 0 Å². The van der Waals surface area contributed by atoms with Gasteiger partial charge in [0.1, 0.15) is 11.7 Å². The van der Waals surface area contributed by atoms with Crippen molar-refractivity contribution in [2.45, 2.75) is 24.5 Å². The van der Waals surface area contributed by atoms with Crippen molar-refractivity contribution in [3.8, 4) is 0 Å². The Morgan fingerprint density at radius 1 is 0.909 bits per heavy atom. The molecule has 4 unspecified atom stereocenters. The maximum atomic E-state index is 10.0. The lowest BCUT2D eigenvalue weighted by Gasteiger charge is -2.17. The van der Waals surface area contributed by atoms with Crippen LogP contribution in [0, 0.1) is 0 Å². The minimum Gasteiger partial charge on any atom is -0.374 e. The van der Waals surface area contributed by atoms with Crippen molar-refractivity contribution < 1.29 is 10.2 Å². The SMILES string of the molecule is OC1NN2C=CCN=C2C1N=NC1C2=NCC=CN2NC1O. The normalized spacial score (nSPS) is 36.6.